The zero-order valence-corrected chi connectivity index (χ0v) is 4.27. The summed E-state index contributed by atoms with van der Waals surface area (Å²) in [6.07, 6.45) is 1.38. The Hall–Kier alpha value is -0.430. The molecule has 2 heteroatoms. The Morgan fingerprint density at radius 1 is 2.00 bits per heavy atom. The minimum Gasteiger partial charge on any atom is -0.468 e. The molecule has 0 spiro atoms. The Balaban J connectivity index is 2.90. The lowest BCUT2D eigenvalue weighted by Crippen LogP contribution is -1.62. The molecule has 1 rings (SSSR count). The molecule has 1 aromatic heterocycles. The van der Waals surface area contributed by atoms with Crippen molar-refractivity contribution in [3.63, 3.8) is 0 Å². The predicted molar refractivity (Wildman–Crippen MR) is 28.3 cm³/mol. The highest BCUT2D eigenvalue weighted by molar-refractivity contribution is 6.16. The summed E-state index contributed by atoms with van der Waals surface area (Å²) in [5.74, 6) is -1.73. The zero-order valence-electron chi connectivity index (χ0n) is 5.52. The number of furan rings is 1. The molecule has 0 fully saturated rings. The van der Waals surface area contributed by atoms with Crippen LogP contribution in [-0.2, 0) is 5.83 Å². The summed E-state index contributed by atoms with van der Waals surface area (Å²) in [4.78, 5) is 0. The summed E-state index contributed by atoms with van der Waals surface area (Å²) in [6.45, 7) is 0. The van der Waals surface area contributed by atoms with Crippen molar-refractivity contribution in [2.75, 3.05) is 0 Å². The number of rotatable bonds is 1. The maximum absolute atomic E-state index is 6.93. The molecule has 1 nitrogen and oxygen atoms in total. The summed E-state index contributed by atoms with van der Waals surface area (Å²) >= 11 is 5.24. The van der Waals surface area contributed by atoms with Crippen molar-refractivity contribution in [3.05, 3.63) is 24.2 Å². The smallest absolute Gasteiger partial charge is 0.118 e. The Kier molecular flexibility index (Phi) is 0.805. The molecular formula is C5H5ClO. The van der Waals surface area contributed by atoms with E-state index in [-0.39, 0.29) is 5.76 Å². The van der Waals surface area contributed by atoms with Crippen LogP contribution in [0.25, 0.3) is 0 Å². The van der Waals surface area contributed by atoms with Gasteiger partial charge in [-0.15, -0.1) is 11.6 Å². The quantitative estimate of drug-likeness (QED) is 0.515. The van der Waals surface area contributed by atoms with E-state index in [2.05, 4.69) is 0 Å². The normalized spacial score (nSPS) is 15.6. The van der Waals surface area contributed by atoms with Crippen LogP contribution in [0.15, 0.2) is 22.8 Å². The lowest BCUT2D eigenvalue weighted by molar-refractivity contribution is 0.529. The average molecular weight is 119 g/mol. The van der Waals surface area contributed by atoms with Gasteiger partial charge >= 0.3 is 0 Å². The number of halogens is 1. The fourth-order valence-corrected chi connectivity index (χ4v) is 0.440. The van der Waals surface area contributed by atoms with E-state index in [9.17, 15) is 0 Å². The Morgan fingerprint density at radius 3 is 3.14 bits per heavy atom. The molecule has 0 atom stereocenters. The van der Waals surface area contributed by atoms with Crippen LogP contribution in [0, 0.1) is 0 Å². The van der Waals surface area contributed by atoms with E-state index in [1.54, 1.807) is 6.07 Å². The second-order valence-electron chi connectivity index (χ2n) is 1.07. The van der Waals surface area contributed by atoms with Gasteiger partial charge in [0.25, 0.3) is 0 Å². The predicted octanol–water partition coefficient (Wildman–Crippen LogP) is 2.02. The van der Waals surface area contributed by atoms with Gasteiger partial charge in [0.1, 0.15) is 5.76 Å². The van der Waals surface area contributed by atoms with Crippen molar-refractivity contribution in [1.82, 2.24) is 0 Å². The summed E-state index contributed by atoms with van der Waals surface area (Å²) in [6, 6.07) is 3.09. The van der Waals surface area contributed by atoms with Crippen molar-refractivity contribution in [1.29, 1.82) is 0 Å². The maximum atomic E-state index is 6.93. The fraction of sp³-hybridized carbons (Fsp3) is 0.200. The van der Waals surface area contributed by atoms with Crippen LogP contribution >= 0.6 is 11.6 Å². The number of hydrogen-bond donors (Lipinski definition) is 0. The molecule has 0 bridgehead atoms. The van der Waals surface area contributed by atoms with Gasteiger partial charge in [0.05, 0.1) is 14.8 Å². The van der Waals surface area contributed by atoms with E-state index in [1.165, 1.54) is 12.3 Å². The highest BCUT2D eigenvalue weighted by Gasteiger charge is 1.86. The van der Waals surface area contributed by atoms with E-state index in [1.807, 2.05) is 0 Å². The van der Waals surface area contributed by atoms with Crippen LogP contribution in [0.4, 0.5) is 0 Å². The lowest BCUT2D eigenvalue weighted by atomic mass is 10.5. The first kappa shape index (κ1) is 2.78. The molecule has 7 heavy (non-hydrogen) atoms. The highest BCUT2D eigenvalue weighted by atomic mass is 35.5. The van der Waals surface area contributed by atoms with Crippen molar-refractivity contribution in [3.8, 4) is 0 Å². The van der Waals surface area contributed by atoms with Crippen molar-refractivity contribution >= 4 is 11.6 Å². The summed E-state index contributed by atoms with van der Waals surface area (Å²) in [5.41, 5.74) is 0. The fourth-order valence-electron chi connectivity index (χ4n) is 0.332. The van der Waals surface area contributed by atoms with Crippen molar-refractivity contribution in [2.45, 2.75) is 5.83 Å². The van der Waals surface area contributed by atoms with E-state index < -0.39 is 5.83 Å². The molecule has 0 aliphatic carbocycles. The maximum Gasteiger partial charge on any atom is 0.118 e. The molecule has 0 amide bonds. The van der Waals surface area contributed by atoms with Gasteiger partial charge in [-0.2, -0.15) is 0 Å². The van der Waals surface area contributed by atoms with Crippen LogP contribution in [-0.4, -0.2) is 0 Å². The van der Waals surface area contributed by atoms with Gasteiger partial charge in [0.2, 0.25) is 0 Å². The second-order valence-corrected chi connectivity index (χ2v) is 1.26. The first-order valence-electron chi connectivity index (χ1n) is 2.83. The molecule has 0 aliphatic rings. The molecule has 0 aromatic carbocycles. The van der Waals surface area contributed by atoms with Gasteiger partial charge in [0, 0.05) is 0 Å². The Labute approximate surface area is 49.7 Å². The van der Waals surface area contributed by atoms with Crippen LogP contribution in [0.3, 0.4) is 0 Å². The molecule has 0 radical (unpaired) electrons. The number of hydrogen-bond acceptors (Lipinski definition) is 1. The van der Waals surface area contributed by atoms with Gasteiger partial charge in [-0.25, -0.2) is 0 Å². The summed E-state index contributed by atoms with van der Waals surface area (Å²) in [5, 5.41) is 0. The molecule has 0 N–H and O–H groups in total. The lowest BCUT2D eigenvalue weighted by Gasteiger charge is -1.77. The van der Waals surface area contributed by atoms with E-state index >= 15 is 0 Å². The average Bonchev–Trinajstić information content (AvgIpc) is 2.08. The SMILES string of the molecule is [2H]C([2H])(Cl)c1ccco1. The molecule has 0 saturated heterocycles. The van der Waals surface area contributed by atoms with Crippen LogP contribution in [0.1, 0.15) is 8.50 Å². The third-order valence-electron chi connectivity index (χ3n) is 0.614. The van der Waals surface area contributed by atoms with E-state index in [4.69, 9.17) is 18.8 Å². The zero-order chi connectivity index (χ0) is 6.91. The van der Waals surface area contributed by atoms with Gasteiger partial charge in [-0.05, 0) is 12.1 Å². The third kappa shape index (κ3) is 0.967. The summed E-state index contributed by atoms with van der Waals surface area (Å²) in [7, 11) is 0. The topological polar surface area (TPSA) is 13.1 Å². The minimum atomic E-state index is -1.87. The molecule has 0 unspecified atom stereocenters. The van der Waals surface area contributed by atoms with Gasteiger partial charge in [-0.1, -0.05) is 0 Å². The molecule has 0 aliphatic heterocycles. The standard InChI is InChI=1S/C5H5ClO/c6-4-5-2-1-3-7-5/h1-3H,4H2/i4D2. The van der Waals surface area contributed by atoms with Crippen LogP contribution < -0.4 is 0 Å². The molecule has 0 saturated carbocycles. The minimum absolute atomic E-state index is 0.143. The monoisotopic (exact) mass is 118 g/mol. The van der Waals surface area contributed by atoms with E-state index in [0.717, 1.165) is 0 Å². The van der Waals surface area contributed by atoms with Gasteiger partial charge < -0.3 is 4.42 Å². The molecule has 38 valence electrons. The first-order valence-corrected chi connectivity index (χ1v) is 2.21. The highest BCUT2D eigenvalue weighted by Crippen LogP contribution is 2.01. The largest absolute Gasteiger partial charge is 0.468 e. The van der Waals surface area contributed by atoms with Crippen LogP contribution in [0.2, 0.25) is 0 Å². The number of alkyl halides is 1. The molecule has 1 aromatic rings. The first-order chi connectivity index (χ1) is 4.11. The molecule has 1 heterocycles. The molecular weight excluding hydrogens is 112 g/mol. The van der Waals surface area contributed by atoms with E-state index in [0.29, 0.717) is 0 Å². The van der Waals surface area contributed by atoms with Crippen molar-refractivity contribution in [2.24, 2.45) is 0 Å². The second kappa shape index (κ2) is 2.03. The summed E-state index contributed by atoms with van der Waals surface area (Å²) < 4.78 is 18.5. The van der Waals surface area contributed by atoms with Crippen LogP contribution in [0.5, 0.6) is 0 Å². The van der Waals surface area contributed by atoms with Gasteiger partial charge in [0.15, 0.2) is 0 Å². The third-order valence-corrected chi connectivity index (χ3v) is 0.801. The van der Waals surface area contributed by atoms with Crippen molar-refractivity contribution < 1.29 is 7.16 Å². The Bertz CT molecular complexity index is 177. The Morgan fingerprint density at radius 2 is 2.86 bits per heavy atom. The van der Waals surface area contributed by atoms with Gasteiger partial charge in [-0.3, -0.25) is 0 Å².